The van der Waals surface area contributed by atoms with Crippen LogP contribution in [0.25, 0.3) is 0 Å². The van der Waals surface area contributed by atoms with Gasteiger partial charge in [0.25, 0.3) is 11.5 Å². The van der Waals surface area contributed by atoms with E-state index in [1.54, 1.807) is 18.4 Å². The molecule has 8 heteroatoms. The third kappa shape index (κ3) is 2.98. The van der Waals surface area contributed by atoms with Crippen LogP contribution in [0, 0.1) is 13.8 Å². The van der Waals surface area contributed by atoms with Gasteiger partial charge in [0.2, 0.25) is 0 Å². The van der Waals surface area contributed by atoms with Gasteiger partial charge in [-0.05, 0) is 20.8 Å². The molecule has 0 fully saturated rings. The van der Waals surface area contributed by atoms with Crippen molar-refractivity contribution in [1.82, 2.24) is 19.0 Å². The number of carbonyl (C=O) groups excluding carboxylic acids is 1. The van der Waals surface area contributed by atoms with Crippen LogP contribution in [-0.2, 0) is 14.1 Å². The summed E-state index contributed by atoms with van der Waals surface area (Å²) in [6, 6.07) is 0.929. The van der Waals surface area contributed by atoms with Gasteiger partial charge in [-0.25, -0.2) is 9.78 Å². The molecule has 0 radical (unpaired) electrons. The number of hydrogen-bond donors (Lipinski definition) is 0. The number of thiazole rings is 1. The molecule has 2 rings (SSSR count). The van der Waals surface area contributed by atoms with Crippen molar-refractivity contribution in [2.75, 3.05) is 7.05 Å². The van der Waals surface area contributed by atoms with Crippen LogP contribution in [0.4, 0.5) is 0 Å². The van der Waals surface area contributed by atoms with E-state index in [0.717, 1.165) is 20.1 Å². The van der Waals surface area contributed by atoms with Crippen molar-refractivity contribution in [3.8, 4) is 0 Å². The Bertz CT molecular complexity index is 878. The van der Waals surface area contributed by atoms with Crippen molar-refractivity contribution in [3.63, 3.8) is 0 Å². The lowest BCUT2D eigenvalue weighted by Crippen LogP contribution is -2.42. The summed E-state index contributed by atoms with van der Waals surface area (Å²) >= 11 is 1.57. The first kappa shape index (κ1) is 17.1. The molecule has 0 aliphatic heterocycles. The summed E-state index contributed by atoms with van der Waals surface area (Å²) in [7, 11) is 4.50. The first-order valence-electron chi connectivity index (χ1n) is 7.13. The van der Waals surface area contributed by atoms with Crippen LogP contribution in [0.2, 0.25) is 0 Å². The molecular formula is C15H20N4O3S. The normalized spacial score (nSPS) is 12.3. The largest absolute Gasteiger partial charge is 0.332 e. The zero-order valence-electron chi connectivity index (χ0n) is 14.1. The minimum Gasteiger partial charge on any atom is -0.332 e. The predicted octanol–water partition coefficient (Wildman–Crippen LogP) is 0.991. The second kappa shape index (κ2) is 6.11. The molecule has 1 atom stereocenters. The molecular weight excluding hydrogens is 316 g/mol. The van der Waals surface area contributed by atoms with E-state index in [1.165, 1.54) is 29.6 Å². The molecule has 0 saturated heterocycles. The third-order valence-corrected chi connectivity index (χ3v) is 4.88. The molecule has 2 aromatic rings. The maximum Gasteiger partial charge on any atom is 0.331 e. The molecule has 0 spiro atoms. The number of rotatable bonds is 3. The second-order valence-electron chi connectivity index (χ2n) is 5.53. The van der Waals surface area contributed by atoms with Crippen LogP contribution in [0.5, 0.6) is 0 Å². The maximum absolute atomic E-state index is 12.7. The van der Waals surface area contributed by atoms with Crippen LogP contribution in [0.15, 0.2) is 15.7 Å². The van der Waals surface area contributed by atoms with E-state index in [-0.39, 0.29) is 17.6 Å². The lowest BCUT2D eigenvalue weighted by Gasteiger charge is -2.25. The van der Waals surface area contributed by atoms with Gasteiger partial charge in [-0.1, -0.05) is 0 Å². The average molecular weight is 336 g/mol. The minimum absolute atomic E-state index is 0.0667. The van der Waals surface area contributed by atoms with Crippen molar-refractivity contribution in [2.24, 2.45) is 14.1 Å². The Kier molecular flexibility index (Phi) is 4.56. The Morgan fingerprint density at radius 1 is 1.26 bits per heavy atom. The fourth-order valence-corrected chi connectivity index (χ4v) is 3.32. The van der Waals surface area contributed by atoms with Crippen LogP contribution in [-0.4, -0.2) is 32.0 Å². The number of aromatic nitrogens is 3. The number of amides is 1. The smallest absolute Gasteiger partial charge is 0.331 e. The molecule has 0 aromatic carbocycles. The minimum atomic E-state index is -0.525. The zero-order chi connectivity index (χ0) is 17.5. The summed E-state index contributed by atoms with van der Waals surface area (Å²) in [5.41, 5.74) is -0.130. The molecule has 0 aliphatic carbocycles. The summed E-state index contributed by atoms with van der Waals surface area (Å²) in [6.07, 6.45) is 0. The highest BCUT2D eigenvalue weighted by Gasteiger charge is 2.25. The predicted molar refractivity (Wildman–Crippen MR) is 89.0 cm³/mol. The molecule has 7 nitrogen and oxygen atoms in total. The Labute approximate surface area is 137 Å². The summed E-state index contributed by atoms with van der Waals surface area (Å²) in [4.78, 5) is 43.5. The summed E-state index contributed by atoms with van der Waals surface area (Å²) < 4.78 is 2.15. The SMILES string of the molecule is Cc1nc(C(C)N(C)C(=O)c2cc(=O)n(C)c(=O)n2C)c(C)s1. The van der Waals surface area contributed by atoms with Gasteiger partial charge in [0.05, 0.1) is 16.7 Å². The molecule has 0 saturated carbocycles. The van der Waals surface area contributed by atoms with Gasteiger partial charge in [0.15, 0.2) is 0 Å². The van der Waals surface area contributed by atoms with Crippen molar-refractivity contribution >= 4 is 17.2 Å². The molecule has 2 aromatic heterocycles. The van der Waals surface area contributed by atoms with E-state index in [9.17, 15) is 14.4 Å². The van der Waals surface area contributed by atoms with Crippen molar-refractivity contribution < 1.29 is 4.79 Å². The third-order valence-electron chi connectivity index (χ3n) is 3.98. The van der Waals surface area contributed by atoms with E-state index >= 15 is 0 Å². The monoisotopic (exact) mass is 336 g/mol. The Balaban J connectivity index is 2.43. The summed E-state index contributed by atoms with van der Waals surface area (Å²) in [5.74, 6) is -0.389. The molecule has 1 unspecified atom stereocenters. The molecule has 0 N–H and O–H groups in total. The number of nitrogens with zero attached hydrogens (tertiary/aromatic N) is 4. The van der Waals surface area contributed by atoms with Gasteiger partial charge in [0, 0.05) is 32.1 Å². The van der Waals surface area contributed by atoms with Gasteiger partial charge in [-0.15, -0.1) is 11.3 Å². The molecule has 1 amide bonds. The maximum atomic E-state index is 12.7. The van der Waals surface area contributed by atoms with Crippen LogP contribution >= 0.6 is 11.3 Å². The van der Waals surface area contributed by atoms with Gasteiger partial charge in [-0.2, -0.15) is 0 Å². The highest BCUT2D eigenvalue weighted by Crippen LogP contribution is 2.26. The van der Waals surface area contributed by atoms with Crippen LogP contribution < -0.4 is 11.2 Å². The van der Waals surface area contributed by atoms with E-state index in [0.29, 0.717) is 0 Å². The molecule has 124 valence electrons. The van der Waals surface area contributed by atoms with E-state index < -0.39 is 11.2 Å². The zero-order valence-corrected chi connectivity index (χ0v) is 14.9. The Morgan fingerprint density at radius 3 is 2.39 bits per heavy atom. The first-order chi connectivity index (χ1) is 10.6. The first-order valence-corrected chi connectivity index (χ1v) is 7.95. The number of aryl methyl sites for hydroxylation is 2. The van der Waals surface area contributed by atoms with E-state index in [4.69, 9.17) is 0 Å². The van der Waals surface area contributed by atoms with Crippen LogP contribution in [0.3, 0.4) is 0 Å². The summed E-state index contributed by atoms with van der Waals surface area (Å²) in [6.45, 7) is 5.75. The molecule has 0 aliphatic rings. The average Bonchev–Trinajstić information content (AvgIpc) is 2.85. The van der Waals surface area contributed by atoms with E-state index in [1.807, 2.05) is 20.8 Å². The number of carbonyl (C=O) groups is 1. The van der Waals surface area contributed by atoms with Crippen molar-refractivity contribution in [2.45, 2.75) is 26.8 Å². The Hall–Kier alpha value is -2.22. The standard InChI is InChI=1S/C15H20N4O3S/c1-8(13-9(2)23-10(3)16-13)17(4)14(21)11-7-12(20)19(6)15(22)18(11)5/h7-8H,1-6H3. The fourth-order valence-electron chi connectivity index (χ4n) is 2.41. The molecule has 2 heterocycles. The molecule has 23 heavy (non-hydrogen) atoms. The second-order valence-corrected chi connectivity index (χ2v) is 6.94. The lowest BCUT2D eigenvalue weighted by atomic mass is 10.2. The van der Waals surface area contributed by atoms with Gasteiger partial charge in [0.1, 0.15) is 5.69 Å². The van der Waals surface area contributed by atoms with Crippen molar-refractivity contribution in [3.05, 3.63) is 48.2 Å². The highest BCUT2D eigenvalue weighted by atomic mass is 32.1. The quantitative estimate of drug-likeness (QED) is 0.837. The van der Waals surface area contributed by atoms with E-state index in [2.05, 4.69) is 4.98 Å². The van der Waals surface area contributed by atoms with Gasteiger partial charge >= 0.3 is 5.69 Å². The Morgan fingerprint density at radius 2 is 1.87 bits per heavy atom. The summed E-state index contributed by atoms with van der Waals surface area (Å²) in [5, 5.41) is 0.936. The number of hydrogen-bond acceptors (Lipinski definition) is 5. The highest BCUT2D eigenvalue weighted by molar-refractivity contribution is 7.11. The van der Waals surface area contributed by atoms with Crippen LogP contribution in [0.1, 0.15) is 39.0 Å². The van der Waals surface area contributed by atoms with Gasteiger partial charge in [-0.3, -0.25) is 18.7 Å². The van der Waals surface area contributed by atoms with Crippen molar-refractivity contribution in [1.29, 1.82) is 0 Å². The topological polar surface area (TPSA) is 77.2 Å². The fraction of sp³-hybridized carbons (Fsp3) is 0.467. The van der Waals surface area contributed by atoms with Gasteiger partial charge < -0.3 is 4.90 Å². The lowest BCUT2D eigenvalue weighted by molar-refractivity contribution is 0.0727. The molecule has 0 bridgehead atoms.